The highest BCUT2D eigenvalue weighted by Gasteiger charge is 2.43. The average molecular weight is 349 g/mol. The van der Waals surface area contributed by atoms with Crippen molar-refractivity contribution in [1.29, 1.82) is 0 Å². The summed E-state index contributed by atoms with van der Waals surface area (Å²) in [4.78, 5) is 18.6. The van der Waals surface area contributed by atoms with Gasteiger partial charge in [0.2, 0.25) is 5.91 Å². The Kier molecular flexibility index (Phi) is 4.47. The first-order chi connectivity index (χ1) is 12.7. The normalized spacial score (nSPS) is 18.1. The molecule has 0 atom stereocenters. The molecule has 2 aliphatic heterocycles. The number of hydrogen-bond acceptors (Lipinski definition) is 4. The summed E-state index contributed by atoms with van der Waals surface area (Å²) in [5.41, 5.74) is 9.00. The Labute approximate surface area is 153 Å². The van der Waals surface area contributed by atoms with Gasteiger partial charge in [-0.25, -0.2) is 0 Å². The van der Waals surface area contributed by atoms with Gasteiger partial charge in [-0.05, 0) is 42.7 Å². The zero-order valence-electron chi connectivity index (χ0n) is 14.7. The highest BCUT2D eigenvalue weighted by atomic mass is 16.5. The summed E-state index contributed by atoms with van der Waals surface area (Å²) < 4.78 is 5.93. The van der Waals surface area contributed by atoms with Crippen LogP contribution in [0.1, 0.15) is 29.7 Å². The Morgan fingerprint density at radius 2 is 2.12 bits per heavy atom. The van der Waals surface area contributed by atoms with Gasteiger partial charge < -0.3 is 15.4 Å². The van der Waals surface area contributed by atoms with E-state index in [1.54, 1.807) is 18.3 Å². The molecule has 0 bridgehead atoms. The largest absolute Gasteiger partial charge is 0.492 e. The first-order valence-electron chi connectivity index (χ1n) is 9.04. The second kappa shape index (κ2) is 6.92. The maximum Gasteiger partial charge on any atom is 0.246 e. The van der Waals surface area contributed by atoms with Crippen LogP contribution in [0.5, 0.6) is 5.75 Å². The van der Waals surface area contributed by atoms with Gasteiger partial charge >= 0.3 is 0 Å². The number of aromatic nitrogens is 1. The lowest BCUT2D eigenvalue weighted by molar-refractivity contribution is -0.127. The third-order valence-corrected chi connectivity index (χ3v) is 5.47. The summed E-state index contributed by atoms with van der Waals surface area (Å²) in [6.07, 6.45) is 6.94. The van der Waals surface area contributed by atoms with Gasteiger partial charge in [-0.3, -0.25) is 9.78 Å². The Hall–Kier alpha value is -2.66. The van der Waals surface area contributed by atoms with Crippen molar-refractivity contribution >= 4 is 12.0 Å². The molecule has 1 spiro atoms. The summed E-state index contributed by atoms with van der Waals surface area (Å²) in [7, 11) is 0. The molecular weight excluding hydrogens is 326 g/mol. The van der Waals surface area contributed by atoms with Crippen LogP contribution in [0.4, 0.5) is 0 Å². The maximum absolute atomic E-state index is 12.5. The van der Waals surface area contributed by atoms with Crippen LogP contribution >= 0.6 is 0 Å². The second-order valence-electron chi connectivity index (χ2n) is 7.02. The zero-order valence-corrected chi connectivity index (χ0v) is 14.7. The lowest BCUT2D eigenvalue weighted by Gasteiger charge is -2.38. The van der Waals surface area contributed by atoms with Crippen LogP contribution in [0.15, 0.2) is 48.7 Å². The maximum atomic E-state index is 12.5. The SMILES string of the molecule is NCc1ccc2c(c1)C1(CCN(C(=O)C=Cc3ccccn3)CC1)CO2. The lowest BCUT2D eigenvalue weighted by Crippen LogP contribution is -2.45. The van der Waals surface area contributed by atoms with Gasteiger partial charge in [-0.2, -0.15) is 0 Å². The van der Waals surface area contributed by atoms with Gasteiger partial charge in [-0.1, -0.05) is 18.2 Å². The van der Waals surface area contributed by atoms with Crippen LogP contribution in [-0.2, 0) is 16.8 Å². The van der Waals surface area contributed by atoms with Crippen LogP contribution in [0.2, 0.25) is 0 Å². The summed E-state index contributed by atoms with van der Waals surface area (Å²) in [6, 6.07) is 11.9. The van der Waals surface area contributed by atoms with Crippen LogP contribution in [0.3, 0.4) is 0 Å². The van der Waals surface area contributed by atoms with Crippen molar-refractivity contribution in [3.8, 4) is 5.75 Å². The van der Waals surface area contributed by atoms with E-state index in [9.17, 15) is 4.79 Å². The van der Waals surface area contributed by atoms with Gasteiger partial charge in [-0.15, -0.1) is 0 Å². The molecule has 3 heterocycles. The number of benzene rings is 1. The van der Waals surface area contributed by atoms with Crippen molar-refractivity contribution in [3.63, 3.8) is 0 Å². The molecule has 2 aromatic rings. The van der Waals surface area contributed by atoms with Crippen molar-refractivity contribution in [1.82, 2.24) is 9.88 Å². The average Bonchev–Trinajstić information content (AvgIpc) is 3.05. The van der Waals surface area contributed by atoms with E-state index in [1.165, 1.54) is 5.56 Å². The predicted molar refractivity (Wildman–Crippen MR) is 101 cm³/mol. The smallest absolute Gasteiger partial charge is 0.246 e. The van der Waals surface area contributed by atoms with Crippen LogP contribution in [0, 0.1) is 0 Å². The number of rotatable bonds is 3. The van der Waals surface area contributed by atoms with Crippen molar-refractivity contribution in [3.05, 3.63) is 65.5 Å². The fourth-order valence-electron chi connectivity index (χ4n) is 3.84. The molecule has 134 valence electrons. The topological polar surface area (TPSA) is 68.5 Å². The minimum Gasteiger partial charge on any atom is -0.492 e. The number of piperidine rings is 1. The van der Waals surface area contributed by atoms with Gasteiger partial charge in [0.25, 0.3) is 0 Å². The molecule has 2 aliphatic rings. The van der Waals surface area contributed by atoms with Gasteiger partial charge in [0, 0.05) is 42.9 Å². The Bertz CT molecular complexity index is 824. The molecule has 26 heavy (non-hydrogen) atoms. The molecule has 0 radical (unpaired) electrons. The van der Waals surface area contributed by atoms with E-state index in [1.807, 2.05) is 35.2 Å². The molecule has 5 heteroatoms. The summed E-state index contributed by atoms with van der Waals surface area (Å²) >= 11 is 0. The molecule has 1 aromatic heterocycles. The van der Waals surface area contributed by atoms with E-state index >= 15 is 0 Å². The Morgan fingerprint density at radius 1 is 1.27 bits per heavy atom. The summed E-state index contributed by atoms with van der Waals surface area (Å²) in [5.74, 6) is 1.01. The molecule has 0 aliphatic carbocycles. The van der Waals surface area contributed by atoms with Crippen molar-refractivity contribution in [2.75, 3.05) is 19.7 Å². The van der Waals surface area contributed by atoms with E-state index in [2.05, 4.69) is 11.1 Å². The fraction of sp³-hybridized carbons (Fsp3) is 0.333. The van der Waals surface area contributed by atoms with Crippen molar-refractivity contribution < 1.29 is 9.53 Å². The van der Waals surface area contributed by atoms with E-state index in [4.69, 9.17) is 10.5 Å². The van der Waals surface area contributed by atoms with E-state index in [-0.39, 0.29) is 11.3 Å². The number of carbonyl (C=O) groups excluding carboxylic acids is 1. The van der Waals surface area contributed by atoms with Crippen LogP contribution < -0.4 is 10.5 Å². The number of amides is 1. The number of fused-ring (bicyclic) bond motifs is 2. The molecule has 0 saturated carbocycles. The highest BCUT2D eigenvalue weighted by Crippen LogP contribution is 2.45. The zero-order chi connectivity index (χ0) is 18.0. The second-order valence-corrected chi connectivity index (χ2v) is 7.02. The van der Waals surface area contributed by atoms with Gasteiger partial charge in [0.1, 0.15) is 5.75 Å². The predicted octanol–water partition coefficient (Wildman–Crippen LogP) is 2.51. The summed E-state index contributed by atoms with van der Waals surface area (Å²) in [6.45, 7) is 2.70. The molecule has 5 nitrogen and oxygen atoms in total. The molecule has 2 N–H and O–H groups in total. The molecule has 0 unspecified atom stereocenters. The van der Waals surface area contributed by atoms with Gasteiger partial charge in [0.15, 0.2) is 0 Å². The summed E-state index contributed by atoms with van der Waals surface area (Å²) in [5, 5.41) is 0. The molecule has 1 saturated heterocycles. The lowest BCUT2D eigenvalue weighted by atomic mass is 9.74. The van der Waals surface area contributed by atoms with E-state index in [0.717, 1.165) is 42.9 Å². The first kappa shape index (κ1) is 16.8. The van der Waals surface area contributed by atoms with Crippen molar-refractivity contribution in [2.24, 2.45) is 5.73 Å². The minimum absolute atomic E-state index is 0.0159. The number of carbonyl (C=O) groups is 1. The monoisotopic (exact) mass is 349 g/mol. The third-order valence-electron chi connectivity index (χ3n) is 5.47. The Morgan fingerprint density at radius 3 is 2.85 bits per heavy atom. The van der Waals surface area contributed by atoms with E-state index < -0.39 is 0 Å². The number of ether oxygens (including phenoxy) is 1. The number of nitrogens with two attached hydrogens (primary N) is 1. The standard InChI is InChI=1S/C21H23N3O2/c22-14-16-4-6-19-18(13-16)21(15-26-19)8-11-24(12-9-21)20(25)7-5-17-3-1-2-10-23-17/h1-7,10,13H,8-9,11-12,14-15,22H2. The third kappa shape index (κ3) is 3.10. The molecular formula is C21H23N3O2. The molecule has 4 rings (SSSR count). The first-order valence-corrected chi connectivity index (χ1v) is 9.04. The highest BCUT2D eigenvalue weighted by molar-refractivity contribution is 5.91. The fourth-order valence-corrected chi connectivity index (χ4v) is 3.84. The molecule has 1 aromatic carbocycles. The van der Waals surface area contributed by atoms with Crippen molar-refractivity contribution in [2.45, 2.75) is 24.8 Å². The minimum atomic E-state index is 0.0159. The molecule has 1 amide bonds. The van der Waals surface area contributed by atoms with Crippen LogP contribution in [0.25, 0.3) is 6.08 Å². The number of nitrogens with zero attached hydrogens (tertiary/aromatic N) is 2. The van der Waals surface area contributed by atoms with Gasteiger partial charge in [0.05, 0.1) is 12.3 Å². The van der Waals surface area contributed by atoms with E-state index in [0.29, 0.717) is 13.2 Å². The van der Waals surface area contributed by atoms with Crippen LogP contribution in [-0.4, -0.2) is 35.5 Å². The quantitative estimate of drug-likeness (QED) is 0.865. The number of hydrogen-bond donors (Lipinski definition) is 1. The number of pyridine rings is 1. The number of likely N-dealkylation sites (tertiary alicyclic amines) is 1. The Balaban J connectivity index is 1.44. The molecule has 1 fully saturated rings.